The van der Waals surface area contributed by atoms with E-state index in [9.17, 15) is 4.79 Å². The number of furan rings is 1. The Kier molecular flexibility index (Phi) is 9.79. The molecule has 3 N–H and O–H groups in total. The van der Waals surface area contributed by atoms with Crippen LogP contribution in [0.15, 0.2) is 45.3 Å². The van der Waals surface area contributed by atoms with Crippen LogP contribution in [0.1, 0.15) is 29.5 Å². The number of nitrogens with zero attached hydrogens (tertiary/aromatic N) is 2. The third-order valence-electron chi connectivity index (χ3n) is 4.60. The summed E-state index contributed by atoms with van der Waals surface area (Å²) in [7, 11) is 1.71. The van der Waals surface area contributed by atoms with Crippen molar-refractivity contribution in [3.63, 3.8) is 0 Å². The molecule has 7 nitrogen and oxygen atoms in total. The van der Waals surface area contributed by atoms with Crippen molar-refractivity contribution in [2.75, 3.05) is 33.2 Å². The zero-order valence-electron chi connectivity index (χ0n) is 16.0. The molecule has 0 radical (unpaired) electrons. The van der Waals surface area contributed by atoms with Gasteiger partial charge in [0.05, 0.1) is 25.4 Å². The normalized spacial score (nSPS) is 15.7. The van der Waals surface area contributed by atoms with Gasteiger partial charge in [-0.15, -0.1) is 35.3 Å². The molecule has 3 rings (SSSR count). The van der Waals surface area contributed by atoms with Crippen LogP contribution in [0.4, 0.5) is 0 Å². The molecule has 0 aromatic carbocycles. The number of halogens is 1. The van der Waals surface area contributed by atoms with Crippen molar-refractivity contribution >= 4 is 47.2 Å². The third kappa shape index (κ3) is 6.78. The molecule has 1 amide bonds. The maximum absolute atomic E-state index is 12.0. The van der Waals surface area contributed by atoms with Crippen molar-refractivity contribution < 1.29 is 9.21 Å². The molecule has 2 aromatic heterocycles. The van der Waals surface area contributed by atoms with Crippen molar-refractivity contribution in [3.05, 3.63) is 46.5 Å². The van der Waals surface area contributed by atoms with Gasteiger partial charge in [-0.2, -0.15) is 0 Å². The maximum atomic E-state index is 12.0. The van der Waals surface area contributed by atoms with Gasteiger partial charge in [0, 0.05) is 18.5 Å². The van der Waals surface area contributed by atoms with Gasteiger partial charge >= 0.3 is 0 Å². The van der Waals surface area contributed by atoms with Gasteiger partial charge in [-0.3, -0.25) is 14.7 Å². The smallest absolute Gasteiger partial charge is 0.239 e. The van der Waals surface area contributed by atoms with Crippen LogP contribution in [0.5, 0.6) is 0 Å². The first-order chi connectivity index (χ1) is 13.3. The first kappa shape index (κ1) is 22.7. The van der Waals surface area contributed by atoms with Gasteiger partial charge in [-0.05, 0) is 49.5 Å². The van der Waals surface area contributed by atoms with Crippen LogP contribution in [0.25, 0.3) is 0 Å². The average molecular weight is 517 g/mol. The molecule has 1 aliphatic heterocycles. The summed E-state index contributed by atoms with van der Waals surface area (Å²) in [6, 6.07) is 8.25. The summed E-state index contributed by atoms with van der Waals surface area (Å²) in [5.74, 6) is 1.25. The van der Waals surface area contributed by atoms with E-state index < -0.39 is 0 Å². The van der Waals surface area contributed by atoms with Crippen molar-refractivity contribution in [2.45, 2.75) is 25.4 Å². The van der Waals surface area contributed by atoms with E-state index in [-0.39, 0.29) is 36.4 Å². The number of rotatable bonds is 8. The van der Waals surface area contributed by atoms with Crippen LogP contribution in [-0.2, 0) is 11.3 Å². The van der Waals surface area contributed by atoms with Crippen LogP contribution in [0.2, 0.25) is 0 Å². The highest BCUT2D eigenvalue weighted by Crippen LogP contribution is 2.27. The zero-order valence-corrected chi connectivity index (χ0v) is 19.2. The first-order valence-corrected chi connectivity index (χ1v) is 10.2. The molecule has 0 spiro atoms. The molecule has 0 bridgehead atoms. The maximum Gasteiger partial charge on any atom is 0.239 e. The Hall–Kier alpha value is -1.59. The first-order valence-electron chi connectivity index (χ1n) is 9.27. The number of nitrogens with one attached hydrogen (secondary N) is 3. The van der Waals surface area contributed by atoms with Gasteiger partial charge in [0.1, 0.15) is 5.76 Å². The van der Waals surface area contributed by atoms with Gasteiger partial charge < -0.3 is 20.4 Å². The number of guanidine groups is 1. The number of carbonyl (C=O) groups is 1. The number of likely N-dealkylation sites (tertiary alicyclic amines) is 1. The highest BCUT2D eigenvalue weighted by Gasteiger charge is 2.24. The topological polar surface area (TPSA) is 81.9 Å². The predicted octanol–water partition coefficient (Wildman–Crippen LogP) is 2.58. The number of hydrogen-bond donors (Lipinski definition) is 3. The summed E-state index contributed by atoms with van der Waals surface area (Å²) in [4.78, 5) is 20.1. The summed E-state index contributed by atoms with van der Waals surface area (Å²) in [5, 5.41) is 11.4. The lowest BCUT2D eigenvalue weighted by Gasteiger charge is -2.27. The number of thiophene rings is 1. The minimum atomic E-state index is -0.108. The summed E-state index contributed by atoms with van der Waals surface area (Å²) < 4.78 is 5.20. The lowest BCUT2D eigenvalue weighted by molar-refractivity contribution is -0.120. The lowest BCUT2D eigenvalue weighted by Crippen LogP contribution is -2.45. The van der Waals surface area contributed by atoms with Crippen molar-refractivity contribution in [3.8, 4) is 0 Å². The van der Waals surface area contributed by atoms with E-state index in [4.69, 9.17) is 4.42 Å². The fourth-order valence-electron chi connectivity index (χ4n) is 3.18. The van der Waals surface area contributed by atoms with Crippen LogP contribution in [0, 0.1) is 0 Å². The monoisotopic (exact) mass is 517 g/mol. The van der Waals surface area contributed by atoms with Crippen LogP contribution < -0.4 is 16.0 Å². The molecule has 1 atom stereocenters. The number of carbonyl (C=O) groups excluding carboxylic acids is 1. The number of amides is 1. The second-order valence-corrected chi connectivity index (χ2v) is 7.42. The molecule has 1 unspecified atom stereocenters. The third-order valence-corrected chi connectivity index (χ3v) is 5.57. The fraction of sp³-hybridized carbons (Fsp3) is 0.474. The Morgan fingerprint density at radius 3 is 2.71 bits per heavy atom. The van der Waals surface area contributed by atoms with Gasteiger partial charge in [-0.1, -0.05) is 6.07 Å². The van der Waals surface area contributed by atoms with E-state index in [1.54, 1.807) is 30.7 Å². The fourth-order valence-corrected chi connectivity index (χ4v) is 4.04. The molecule has 2 aromatic rings. The van der Waals surface area contributed by atoms with Gasteiger partial charge in [-0.25, -0.2) is 0 Å². The van der Waals surface area contributed by atoms with E-state index in [1.165, 1.54) is 17.7 Å². The Labute approximate surface area is 187 Å². The van der Waals surface area contributed by atoms with Crippen molar-refractivity contribution in [1.29, 1.82) is 0 Å². The SMILES string of the molecule is CN=C(NCC(=O)NCc1ccco1)NCC(c1cccs1)N1CCCC1.I. The van der Waals surface area contributed by atoms with E-state index >= 15 is 0 Å². The van der Waals surface area contributed by atoms with Crippen LogP contribution in [0.3, 0.4) is 0 Å². The molecular weight excluding hydrogens is 489 g/mol. The van der Waals surface area contributed by atoms with E-state index in [2.05, 4.69) is 43.4 Å². The van der Waals surface area contributed by atoms with Crippen molar-refractivity contribution in [2.24, 2.45) is 4.99 Å². The summed E-state index contributed by atoms with van der Waals surface area (Å²) in [6.45, 7) is 3.56. The average Bonchev–Trinajstić information content (AvgIpc) is 3.45. The highest BCUT2D eigenvalue weighted by molar-refractivity contribution is 14.0. The van der Waals surface area contributed by atoms with E-state index in [0.717, 1.165) is 25.4 Å². The molecule has 0 saturated carbocycles. The van der Waals surface area contributed by atoms with Gasteiger partial charge in [0.15, 0.2) is 5.96 Å². The Balaban J connectivity index is 0.00000280. The second kappa shape index (κ2) is 12.1. The molecule has 1 saturated heterocycles. The largest absolute Gasteiger partial charge is 0.467 e. The van der Waals surface area contributed by atoms with Crippen LogP contribution in [-0.4, -0.2) is 50.0 Å². The summed E-state index contributed by atoms with van der Waals surface area (Å²) in [5.41, 5.74) is 0. The molecule has 1 fully saturated rings. The summed E-state index contributed by atoms with van der Waals surface area (Å²) >= 11 is 1.79. The predicted molar refractivity (Wildman–Crippen MR) is 123 cm³/mol. The minimum absolute atomic E-state index is 0. The van der Waals surface area contributed by atoms with Gasteiger partial charge in [0.25, 0.3) is 0 Å². The Morgan fingerprint density at radius 1 is 1.25 bits per heavy atom. The molecular formula is C19H28IN5O2S. The van der Waals surface area contributed by atoms with Gasteiger partial charge in [0.2, 0.25) is 5.91 Å². The Bertz CT molecular complexity index is 715. The Morgan fingerprint density at radius 2 is 2.07 bits per heavy atom. The number of hydrogen-bond acceptors (Lipinski definition) is 5. The lowest BCUT2D eigenvalue weighted by atomic mass is 10.2. The van der Waals surface area contributed by atoms with E-state index in [1.807, 2.05) is 6.07 Å². The molecule has 3 heterocycles. The molecule has 0 aliphatic carbocycles. The quantitative estimate of drug-likeness (QED) is 0.285. The summed E-state index contributed by atoms with van der Waals surface area (Å²) in [6.07, 6.45) is 4.10. The second-order valence-electron chi connectivity index (χ2n) is 6.44. The zero-order chi connectivity index (χ0) is 18.9. The van der Waals surface area contributed by atoms with Crippen molar-refractivity contribution in [1.82, 2.24) is 20.9 Å². The molecule has 9 heteroatoms. The minimum Gasteiger partial charge on any atom is -0.467 e. The van der Waals surface area contributed by atoms with Crippen LogP contribution >= 0.6 is 35.3 Å². The molecule has 28 heavy (non-hydrogen) atoms. The number of aliphatic imine (C=N–C) groups is 1. The highest BCUT2D eigenvalue weighted by atomic mass is 127. The van der Waals surface area contributed by atoms with E-state index in [0.29, 0.717) is 18.5 Å². The molecule has 1 aliphatic rings. The molecule has 154 valence electrons. The standard InChI is InChI=1S/C19H27N5O2S.HI/c1-20-19(23-14-18(25)21-12-15-6-4-10-26-15)22-13-16(17-7-5-11-27-17)24-8-2-3-9-24;/h4-7,10-11,16H,2-3,8-9,12-14H2,1H3,(H,21,25)(H2,20,22,23);1H.